The summed E-state index contributed by atoms with van der Waals surface area (Å²) < 4.78 is 6.49. The number of nitrogens with zero attached hydrogens (tertiary/aromatic N) is 2. The Hall–Kier alpha value is -0.980. The molecule has 1 fully saturated rings. The van der Waals surface area contributed by atoms with Crippen molar-refractivity contribution in [2.24, 2.45) is 0 Å². The molecule has 1 atom stereocenters. The summed E-state index contributed by atoms with van der Waals surface area (Å²) in [5.41, 5.74) is 0.423. The zero-order valence-corrected chi connectivity index (χ0v) is 12.5. The first-order chi connectivity index (χ1) is 9.19. The molecule has 19 heavy (non-hydrogen) atoms. The molecule has 0 bridgehead atoms. The summed E-state index contributed by atoms with van der Waals surface area (Å²) in [4.78, 5) is 18.3. The molecule has 6 heteroatoms. The highest BCUT2D eigenvalue weighted by molar-refractivity contribution is 9.10. The van der Waals surface area contributed by atoms with Gasteiger partial charge in [-0.1, -0.05) is 6.92 Å². The molecule has 0 spiro atoms. The van der Waals surface area contributed by atoms with Gasteiger partial charge in [0.05, 0.1) is 12.7 Å². The number of amides is 1. The summed E-state index contributed by atoms with van der Waals surface area (Å²) in [6.45, 7) is 6.23. The molecule has 1 aromatic rings. The molecule has 1 aromatic heterocycles. The van der Waals surface area contributed by atoms with Crippen molar-refractivity contribution in [3.8, 4) is 0 Å². The Morgan fingerprint density at radius 1 is 1.63 bits per heavy atom. The standard InChI is InChI=1S/C13H18BrN3O2/c1-2-17-5-6-19-11(9-17)8-16-13(18)12-4-3-10(14)7-15-12/h3-4,7,11H,2,5-6,8-9H2,1H3,(H,16,18). The Labute approximate surface area is 121 Å². The van der Waals surface area contributed by atoms with E-state index in [9.17, 15) is 4.79 Å². The first-order valence-electron chi connectivity index (χ1n) is 6.42. The van der Waals surface area contributed by atoms with Crippen LogP contribution >= 0.6 is 15.9 Å². The molecule has 0 aliphatic carbocycles. The topological polar surface area (TPSA) is 54.5 Å². The number of rotatable bonds is 4. The molecule has 1 amide bonds. The van der Waals surface area contributed by atoms with Gasteiger partial charge < -0.3 is 10.1 Å². The van der Waals surface area contributed by atoms with Crippen LogP contribution in [0.2, 0.25) is 0 Å². The number of carbonyl (C=O) groups excluding carboxylic acids is 1. The minimum Gasteiger partial charge on any atom is -0.374 e. The van der Waals surface area contributed by atoms with Crippen molar-refractivity contribution in [3.05, 3.63) is 28.5 Å². The first kappa shape index (κ1) is 14.4. The predicted octanol–water partition coefficient (Wildman–Crippen LogP) is 1.29. The Morgan fingerprint density at radius 2 is 2.47 bits per heavy atom. The lowest BCUT2D eigenvalue weighted by atomic mass is 10.2. The van der Waals surface area contributed by atoms with Gasteiger partial charge in [-0.25, -0.2) is 4.98 Å². The van der Waals surface area contributed by atoms with E-state index < -0.39 is 0 Å². The van der Waals surface area contributed by atoms with Crippen LogP contribution in [0, 0.1) is 0 Å². The largest absolute Gasteiger partial charge is 0.374 e. The lowest BCUT2D eigenvalue weighted by Gasteiger charge is -2.32. The average Bonchev–Trinajstić information content (AvgIpc) is 2.46. The van der Waals surface area contributed by atoms with E-state index in [0.29, 0.717) is 12.2 Å². The number of halogens is 1. The molecule has 1 N–H and O–H groups in total. The predicted molar refractivity (Wildman–Crippen MR) is 76.1 cm³/mol. The minimum absolute atomic E-state index is 0.0631. The van der Waals surface area contributed by atoms with Gasteiger partial charge >= 0.3 is 0 Å². The zero-order valence-electron chi connectivity index (χ0n) is 10.9. The second kappa shape index (κ2) is 6.98. The van der Waals surface area contributed by atoms with Crippen molar-refractivity contribution in [1.29, 1.82) is 0 Å². The third-order valence-corrected chi connectivity index (χ3v) is 3.59. The van der Waals surface area contributed by atoms with E-state index >= 15 is 0 Å². The number of pyridine rings is 1. The fraction of sp³-hybridized carbons (Fsp3) is 0.538. The number of hydrogen-bond donors (Lipinski definition) is 1. The molecular weight excluding hydrogens is 310 g/mol. The van der Waals surface area contributed by atoms with Crippen LogP contribution in [0.1, 0.15) is 17.4 Å². The first-order valence-corrected chi connectivity index (χ1v) is 7.22. The Balaban J connectivity index is 1.81. The van der Waals surface area contributed by atoms with Crippen molar-refractivity contribution >= 4 is 21.8 Å². The van der Waals surface area contributed by atoms with Crippen LogP contribution in [0.25, 0.3) is 0 Å². The van der Waals surface area contributed by atoms with Crippen LogP contribution in [0.5, 0.6) is 0 Å². The summed E-state index contributed by atoms with van der Waals surface area (Å²) >= 11 is 3.29. The highest BCUT2D eigenvalue weighted by atomic mass is 79.9. The smallest absolute Gasteiger partial charge is 0.269 e. The van der Waals surface area contributed by atoms with Gasteiger partial charge in [-0.2, -0.15) is 0 Å². The van der Waals surface area contributed by atoms with Crippen LogP contribution in [0.3, 0.4) is 0 Å². The lowest BCUT2D eigenvalue weighted by molar-refractivity contribution is -0.0246. The van der Waals surface area contributed by atoms with E-state index in [4.69, 9.17) is 4.74 Å². The minimum atomic E-state index is -0.162. The summed E-state index contributed by atoms with van der Waals surface area (Å²) in [6.07, 6.45) is 1.68. The number of ether oxygens (including phenoxy) is 1. The maximum atomic E-state index is 11.9. The van der Waals surface area contributed by atoms with Crippen LogP contribution in [0.15, 0.2) is 22.8 Å². The number of nitrogens with one attached hydrogen (secondary N) is 1. The lowest BCUT2D eigenvalue weighted by Crippen LogP contribution is -2.47. The molecule has 2 rings (SSSR count). The third-order valence-electron chi connectivity index (χ3n) is 3.12. The van der Waals surface area contributed by atoms with Gasteiger partial charge in [-0.05, 0) is 34.6 Å². The summed E-state index contributed by atoms with van der Waals surface area (Å²) in [5.74, 6) is -0.162. The number of carbonyl (C=O) groups is 1. The molecule has 1 unspecified atom stereocenters. The Bertz CT molecular complexity index is 424. The molecule has 0 aromatic carbocycles. The fourth-order valence-electron chi connectivity index (χ4n) is 2.00. The molecule has 104 valence electrons. The van der Waals surface area contributed by atoms with Crippen LogP contribution in [-0.4, -0.2) is 54.7 Å². The van der Waals surface area contributed by atoms with E-state index in [1.54, 1.807) is 18.3 Å². The molecule has 1 saturated heterocycles. The Kier molecular flexibility index (Phi) is 5.30. The molecule has 0 radical (unpaired) electrons. The van der Waals surface area contributed by atoms with E-state index in [1.807, 2.05) is 0 Å². The Morgan fingerprint density at radius 3 is 3.16 bits per heavy atom. The number of hydrogen-bond acceptors (Lipinski definition) is 4. The van der Waals surface area contributed by atoms with E-state index in [-0.39, 0.29) is 12.0 Å². The maximum Gasteiger partial charge on any atom is 0.269 e. The molecule has 0 saturated carbocycles. The number of aromatic nitrogens is 1. The van der Waals surface area contributed by atoms with E-state index in [2.05, 4.69) is 38.1 Å². The summed E-state index contributed by atoms with van der Waals surface area (Å²) in [5, 5.41) is 2.86. The molecule has 5 nitrogen and oxygen atoms in total. The van der Waals surface area contributed by atoms with Crippen molar-refractivity contribution in [1.82, 2.24) is 15.2 Å². The quantitative estimate of drug-likeness (QED) is 0.905. The monoisotopic (exact) mass is 327 g/mol. The van der Waals surface area contributed by atoms with Gasteiger partial charge in [0.2, 0.25) is 0 Å². The van der Waals surface area contributed by atoms with Gasteiger partial charge in [-0.15, -0.1) is 0 Å². The summed E-state index contributed by atoms with van der Waals surface area (Å²) in [6, 6.07) is 3.50. The van der Waals surface area contributed by atoms with Crippen LogP contribution < -0.4 is 5.32 Å². The fourth-order valence-corrected chi connectivity index (χ4v) is 2.23. The summed E-state index contributed by atoms with van der Waals surface area (Å²) in [7, 11) is 0. The number of morpholine rings is 1. The second-order valence-corrected chi connectivity index (χ2v) is 5.37. The van der Waals surface area contributed by atoms with E-state index in [1.165, 1.54) is 0 Å². The van der Waals surface area contributed by atoms with Gasteiger partial charge in [0.25, 0.3) is 5.91 Å². The normalized spacial score (nSPS) is 20.2. The van der Waals surface area contributed by atoms with Crippen molar-refractivity contribution < 1.29 is 9.53 Å². The number of likely N-dealkylation sites (N-methyl/N-ethyl adjacent to an activating group) is 1. The molecule has 2 heterocycles. The van der Waals surface area contributed by atoms with Gasteiger partial charge in [-0.3, -0.25) is 9.69 Å². The van der Waals surface area contributed by atoms with Crippen molar-refractivity contribution in [2.75, 3.05) is 32.8 Å². The van der Waals surface area contributed by atoms with E-state index in [0.717, 1.165) is 30.7 Å². The van der Waals surface area contributed by atoms with Crippen molar-refractivity contribution in [3.63, 3.8) is 0 Å². The van der Waals surface area contributed by atoms with Crippen molar-refractivity contribution in [2.45, 2.75) is 13.0 Å². The molecule has 1 aliphatic rings. The molecular formula is C13H18BrN3O2. The third kappa shape index (κ3) is 4.26. The highest BCUT2D eigenvalue weighted by Gasteiger charge is 2.20. The second-order valence-electron chi connectivity index (χ2n) is 4.46. The van der Waals surface area contributed by atoms with Gasteiger partial charge in [0, 0.05) is 30.3 Å². The average molecular weight is 328 g/mol. The van der Waals surface area contributed by atoms with Crippen LogP contribution in [0.4, 0.5) is 0 Å². The maximum absolute atomic E-state index is 11.9. The zero-order chi connectivity index (χ0) is 13.7. The van der Waals surface area contributed by atoms with Gasteiger partial charge in [0.1, 0.15) is 5.69 Å². The van der Waals surface area contributed by atoms with Crippen LogP contribution in [-0.2, 0) is 4.74 Å². The molecule has 1 aliphatic heterocycles. The highest BCUT2D eigenvalue weighted by Crippen LogP contribution is 2.08. The SMILES string of the molecule is CCN1CCOC(CNC(=O)c2ccc(Br)cn2)C1. The van der Waals surface area contributed by atoms with Gasteiger partial charge in [0.15, 0.2) is 0 Å².